The van der Waals surface area contributed by atoms with Crippen LogP contribution in [-0.4, -0.2) is 44.1 Å². The molecule has 5 nitrogen and oxygen atoms in total. The third-order valence-electron chi connectivity index (χ3n) is 3.00. The van der Waals surface area contributed by atoms with Crippen molar-refractivity contribution >= 4 is 10.0 Å². The predicted octanol–water partition coefficient (Wildman–Crippen LogP) is 1.79. The van der Waals surface area contributed by atoms with E-state index in [1.807, 2.05) is 13.8 Å². The SMILES string of the molecule is CCOc1ccc(S(=O)(=O)N(CC)CCCO)cc1C. The molecule has 1 aromatic carbocycles. The second-order valence-electron chi connectivity index (χ2n) is 4.43. The molecule has 1 aromatic rings. The van der Waals surface area contributed by atoms with Crippen LogP contribution in [0.4, 0.5) is 0 Å². The van der Waals surface area contributed by atoms with E-state index in [2.05, 4.69) is 0 Å². The van der Waals surface area contributed by atoms with Gasteiger partial charge in [-0.05, 0) is 44.0 Å². The van der Waals surface area contributed by atoms with E-state index in [1.165, 1.54) is 4.31 Å². The summed E-state index contributed by atoms with van der Waals surface area (Å²) < 4.78 is 31.8. The number of aliphatic hydroxyl groups is 1. The van der Waals surface area contributed by atoms with Crippen molar-refractivity contribution in [3.05, 3.63) is 23.8 Å². The molecule has 0 fully saturated rings. The van der Waals surface area contributed by atoms with Crippen molar-refractivity contribution < 1.29 is 18.3 Å². The maximum atomic E-state index is 12.5. The molecule has 1 N–H and O–H groups in total. The smallest absolute Gasteiger partial charge is 0.243 e. The van der Waals surface area contributed by atoms with Crippen LogP contribution in [-0.2, 0) is 10.0 Å². The lowest BCUT2D eigenvalue weighted by molar-refractivity contribution is 0.271. The standard InChI is InChI=1S/C14H23NO4S/c1-4-15(9-6-10-16)20(17,18)13-7-8-14(19-5-2)12(3)11-13/h7-8,11,16H,4-6,9-10H2,1-3H3. The summed E-state index contributed by atoms with van der Waals surface area (Å²) in [5.74, 6) is 0.699. The molecule has 0 radical (unpaired) electrons. The zero-order valence-electron chi connectivity index (χ0n) is 12.3. The molecule has 0 heterocycles. The molecule has 0 atom stereocenters. The lowest BCUT2D eigenvalue weighted by Gasteiger charge is -2.20. The highest BCUT2D eigenvalue weighted by molar-refractivity contribution is 7.89. The number of aliphatic hydroxyl groups excluding tert-OH is 1. The molecule has 1 rings (SSSR count). The topological polar surface area (TPSA) is 66.8 Å². The van der Waals surface area contributed by atoms with Crippen molar-refractivity contribution in [2.24, 2.45) is 0 Å². The van der Waals surface area contributed by atoms with Gasteiger partial charge in [-0.2, -0.15) is 4.31 Å². The summed E-state index contributed by atoms with van der Waals surface area (Å²) in [5.41, 5.74) is 0.797. The first kappa shape index (κ1) is 16.9. The minimum absolute atomic E-state index is 0.0195. The Morgan fingerprint density at radius 1 is 1.30 bits per heavy atom. The van der Waals surface area contributed by atoms with Gasteiger partial charge in [0.05, 0.1) is 11.5 Å². The third kappa shape index (κ3) is 3.94. The molecule has 0 aliphatic heterocycles. The first-order valence-electron chi connectivity index (χ1n) is 6.81. The van der Waals surface area contributed by atoms with E-state index in [-0.39, 0.29) is 11.5 Å². The molecule has 0 aliphatic carbocycles. The van der Waals surface area contributed by atoms with Crippen LogP contribution >= 0.6 is 0 Å². The van der Waals surface area contributed by atoms with Gasteiger partial charge >= 0.3 is 0 Å². The first-order chi connectivity index (χ1) is 9.47. The highest BCUT2D eigenvalue weighted by Gasteiger charge is 2.23. The van der Waals surface area contributed by atoms with Gasteiger partial charge in [0.2, 0.25) is 10.0 Å². The fourth-order valence-electron chi connectivity index (χ4n) is 1.94. The number of aryl methyl sites for hydroxylation is 1. The molecule has 0 saturated heterocycles. The van der Waals surface area contributed by atoms with Gasteiger partial charge in [-0.25, -0.2) is 8.42 Å². The van der Waals surface area contributed by atoms with Gasteiger partial charge in [0, 0.05) is 19.7 Å². The van der Waals surface area contributed by atoms with Crippen molar-refractivity contribution in [1.29, 1.82) is 0 Å². The van der Waals surface area contributed by atoms with Crippen LogP contribution in [0.1, 0.15) is 25.8 Å². The lowest BCUT2D eigenvalue weighted by atomic mass is 10.2. The molecule has 0 unspecified atom stereocenters. The molecule has 0 aliphatic rings. The van der Waals surface area contributed by atoms with Gasteiger partial charge in [0.25, 0.3) is 0 Å². The van der Waals surface area contributed by atoms with Gasteiger partial charge in [0.15, 0.2) is 0 Å². The molecule has 0 bridgehead atoms. The molecule has 0 spiro atoms. The van der Waals surface area contributed by atoms with Crippen LogP contribution in [0.3, 0.4) is 0 Å². The van der Waals surface area contributed by atoms with E-state index in [1.54, 1.807) is 25.1 Å². The number of hydrogen-bond donors (Lipinski definition) is 1. The number of ether oxygens (including phenoxy) is 1. The highest BCUT2D eigenvalue weighted by atomic mass is 32.2. The minimum atomic E-state index is -3.51. The van der Waals surface area contributed by atoms with E-state index < -0.39 is 10.0 Å². The van der Waals surface area contributed by atoms with Crippen molar-refractivity contribution in [2.75, 3.05) is 26.3 Å². The first-order valence-corrected chi connectivity index (χ1v) is 8.25. The largest absolute Gasteiger partial charge is 0.494 e. The average molecular weight is 301 g/mol. The fraction of sp³-hybridized carbons (Fsp3) is 0.571. The van der Waals surface area contributed by atoms with Crippen molar-refractivity contribution in [1.82, 2.24) is 4.31 Å². The van der Waals surface area contributed by atoms with E-state index in [0.29, 0.717) is 31.9 Å². The van der Waals surface area contributed by atoms with Gasteiger partial charge in [-0.3, -0.25) is 0 Å². The predicted molar refractivity (Wildman–Crippen MR) is 78.5 cm³/mol. The Kier molecular flexibility index (Phi) is 6.45. The third-order valence-corrected chi connectivity index (χ3v) is 4.97. The maximum Gasteiger partial charge on any atom is 0.243 e. The van der Waals surface area contributed by atoms with Crippen LogP contribution in [0.2, 0.25) is 0 Å². The van der Waals surface area contributed by atoms with Gasteiger partial charge in [0.1, 0.15) is 5.75 Å². The Balaban J connectivity index is 3.05. The van der Waals surface area contributed by atoms with E-state index in [4.69, 9.17) is 9.84 Å². The molecule has 114 valence electrons. The zero-order valence-corrected chi connectivity index (χ0v) is 13.1. The van der Waals surface area contributed by atoms with E-state index in [9.17, 15) is 8.42 Å². The summed E-state index contributed by atoms with van der Waals surface area (Å²) in [4.78, 5) is 0.262. The lowest BCUT2D eigenvalue weighted by Crippen LogP contribution is -2.32. The second kappa shape index (κ2) is 7.61. The number of nitrogens with zero attached hydrogens (tertiary/aromatic N) is 1. The molecule has 0 amide bonds. The summed E-state index contributed by atoms with van der Waals surface area (Å²) >= 11 is 0. The van der Waals surface area contributed by atoms with E-state index in [0.717, 1.165) is 5.56 Å². The highest BCUT2D eigenvalue weighted by Crippen LogP contribution is 2.24. The van der Waals surface area contributed by atoms with Gasteiger partial charge < -0.3 is 9.84 Å². The number of sulfonamides is 1. The number of hydrogen-bond acceptors (Lipinski definition) is 4. The minimum Gasteiger partial charge on any atom is -0.494 e. The van der Waals surface area contributed by atoms with Crippen LogP contribution in [0.15, 0.2) is 23.1 Å². The molecular formula is C14H23NO4S. The van der Waals surface area contributed by atoms with Crippen molar-refractivity contribution in [3.8, 4) is 5.75 Å². The quantitative estimate of drug-likeness (QED) is 0.795. The Bertz CT molecular complexity index is 528. The number of rotatable bonds is 8. The number of benzene rings is 1. The molecule has 0 saturated carbocycles. The summed E-state index contributed by atoms with van der Waals surface area (Å²) in [6.07, 6.45) is 0.434. The van der Waals surface area contributed by atoms with Crippen LogP contribution in [0.25, 0.3) is 0 Å². The molecule has 0 aromatic heterocycles. The monoisotopic (exact) mass is 301 g/mol. The Morgan fingerprint density at radius 3 is 2.50 bits per heavy atom. The van der Waals surface area contributed by atoms with Crippen LogP contribution < -0.4 is 4.74 Å². The van der Waals surface area contributed by atoms with E-state index >= 15 is 0 Å². The average Bonchev–Trinajstić information content (AvgIpc) is 2.41. The normalized spacial score (nSPS) is 11.8. The summed E-state index contributed by atoms with van der Waals surface area (Å²) in [6, 6.07) is 4.88. The second-order valence-corrected chi connectivity index (χ2v) is 6.37. The van der Waals surface area contributed by atoms with Gasteiger partial charge in [-0.1, -0.05) is 6.92 Å². The van der Waals surface area contributed by atoms with Crippen LogP contribution in [0.5, 0.6) is 5.75 Å². The van der Waals surface area contributed by atoms with Gasteiger partial charge in [-0.15, -0.1) is 0 Å². The van der Waals surface area contributed by atoms with Crippen molar-refractivity contribution in [2.45, 2.75) is 32.1 Å². The fourth-order valence-corrected chi connectivity index (χ4v) is 3.52. The summed E-state index contributed by atoms with van der Waals surface area (Å²) in [6.45, 7) is 6.73. The Hall–Kier alpha value is -1.11. The maximum absolute atomic E-state index is 12.5. The summed E-state index contributed by atoms with van der Waals surface area (Å²) in [7, 11) is -3.51. The van der Waals surface area contributed by atoms with Crippen LogP contribution in [0, 0.1) is 6.92 Å². The Morgan fingerprint density at radius 2 is 2.00 bits per heavy atom. The molecule has 6 heteroatoms. The zero-order chi connectivity index (χ0) is 15.2. The van der Waals surface area contributed by atoms with Crippen molar-refractivity contribution in [3.63, 3.8) is 0 Å². The summed E-state index contributed by atoms with van der Waals surface area (Å²) in [5, 5.41) is 8.85. The molecule has 20 heavy (non-hydrogen) atoms. The Labute approximate surface area is 121 Å². The molecular weight excluding hydrogens is 278 g/mol.